The predicted molar refractivity (Wildman–Crippen MR) is 66.0 cm³/mol. The zero-order valence-electron chi connectivity index (χ0n) is 9.25. The van der Waals surface area contributed by atoms with Gasteiger partial charge in [-0.3, -0.25) is 10.1 Å². The van der Waals surface area contributed by atoms with Crippen molar-refractivity contribution in [3.63, 3.8) is 0 Å². The smallest absolute Gasteiger partial charge is 0.258 e. The molecule has 1 aromatic carbocycles. The third kappa shape index (κ3) is 2.85. The highest BCUT2D eigenvalue weighted by atomic mass is 16.6. The third-order valence-corrected chi connectivity index (χ3v) is 2.10. The van der Waals surface area contributed by atoms with Gasteiger partial charge in [0.25, 0.3) is 5.69 Å². The molecule has 0 N–H and O–H groups in total. The third-order valence-electron chi connectivity index (χ3n) is 2.10. The summed E-state index contributed by atoms with van der Waals surface area (Å²) in [7, 11) is 0. The first-order chi connectivity index (χ1) is 8.77. The lowest BCUT2D eigenvalue weighted by molar-refractivity contribution is -0.385. The van der Waals surface area contributed by atoms with Crippen molar-refractivity contribution < 1.29 is 4.92 Å². The summed E-state index contributed by atoms with van der Waals surface area (Å²) in [6, 6.07) is 6.49. The van der Waals surface area contributed by atoms with E-state index in [-0.39, 0.29) is 5.69 Å². The summed E-state index contributed by atoms with van der Waals surface area (Å²) in [6.07, 6.45) is 7.61. The number of benzene rings is 1. The Morgan fingerprint density at radius 1 is 1.28 bits per heavy atom. The highest BCUT2D eigenvalue weighted by molar-refractivity contribution is 5.79. The van der Waals surface area contributed by atoms with Crippen molar-refractivity contribution in [2.24, 2.45) is 5.10 Å². The van der Waals surface area contributed by atoms with Crippen molar-refractivity contribution in [2.45, 2.75) is 0 Å². The number of rotatable bonds is 4. The SMILES string of the molecule is O=[N+]([O-])c1ccccc1/C=C\C=N/n1cnnc1. The highest BCUT2D eigenvalue weighted by Gasteiger charge is 2.08. The lowest BCUT2D eigenvalue weighted by Crippen LogP contribution is -1.90. The van der Waals surface area contributed by atoms with Gasteiger partial charge in [0.2, 0.25) is 0 Å². The number of hydrogen-bond donors (Lipinski definition) is 0. The maximum Gasteiger partial charge on any atom is 0.276 e. The van der Waals surface area contributed by atoms with E-state index >= 15 is 0 Å². The number of nitro benzene ring substituents is 1. The fourth-order valence-electron chi connectivity index (χ4n) is 1.31. The Kier molecular flexibility index (Phi) is 3.55. The molecule has 90 valence electrons. The Morgan fingerprint density at radius 3 is 2.72 bits per heavy atom. The molecule has 7 heteroatoms. The van der Waals surface area contributed by atoms with Gasteiger partial charge in [-0.05, 0) is 18.2 Å². The topological polar surface area (TPSA) is 86.2 Å². The lowest BCUT2D eigenvalue weighted by Gasteiger charge is -1.95. The minimum absolute atomic E-state index is 0.0615. The van der Waals surface area contributed by atoms with E-state index in [0.29, 0.717) is 5.56 Å². The molecule has 0 fully saturated rings. The number of nitrogens with zero attached hydrogens (tertiary/aromatic N) is 5. The van der Waals surface area contributed by atoms with E-state index in [2.05, 4.69) is 15.3 Å². The zero-order valence-corrected chi connectivity index (χ0v) is 9.25. The van der Waals surface area contributed by atoms with Crippen LogP contribution < -0.4 is 0 Å². The minimum Gasteiger partial charge on any atom is -0.258 e. The van der Waals surface area contributed by atoms with E-state index < -0.39 is 4.92 Å². The molecule has 0 saturated heterocycles. The molecule has 0 aliphatic rings. The van der Waals surface area contributed by atoms with E-state index in [1.165, 1.54) is 29.6 Å². The van der Waals surface area contributed by atoms with Crippen molar-refractivity contribution in [3.05, 3.63) is 58.7 Å². The van der Waals surface area contributed by atoms with Crippen LogP contribution in [0.3, 0.4) is 0 Å². The number of para-hydroxylation sites is 1. The standard InChI is InChI=1S/C11H9N5O2/c17-16(18)11-6-2-1-4-10(11)5-3-7-14-15-8-12-13-9-15/h1-9H/b5-3-,14-7-. The lowest BCUT2D eigenvalue weighted by atomic mass is 10.2. The molecule has 7 nitrogen and oxygen atoms in total. The molecule has 0 aliphatic carbocycles. The summed E-state index contributed by atoms with van der Waals surface area (Å²) in [5, 5.41) is 21.9. The molecule has 1 heterocycles. The van der Waals surface area contributed by atoms with Crippen LogP contribution >= 0.6 is 0 Å². The maximum absolute atomic E-state index is 10.8. The first-order valence-corrected chi connectivity index (χ1v) is 5.06. The van der Waals surface area contributed by atoms with Gasteiger partial charge in [0, 0.05) is 12.3 Å². The molecule has 0 atom stereocenters. The summed E-state index contributed by atoms with van der Waals surface area (Å²) in [6.45, 7) is 0. The molecule has 0 saturated carbocycles. The zero-order chi connectivity index (χ0) is 12.8. The number of allylic oxidation sites excluding steroid dienone is 1. The van der Waals surface area contributed by atoms with Crippen LogP contribution in [-0.2, 0) is 0 Å². The van der Waals surface area contributed by atoms with E-state index in [9.17, 15) is 10.1 Å². The number of nitro groups is 1. The summed E-state index contributed by atoms with van der Waals surface area (Å²) in [5.74, 6) is 0. The molecule has 0 spiro atoms. The summed E-state index contributed by atoms with van der Waals surface area (Å²) in [5.41, 5.74) is 0.587. The summed E-state index contributed by atoms with van der Waals surface area (Å²) >= 11 is 0. The predicted octanol–water partition coefficient (Wildman–Crippen LogP) is 1.73. The second-order valence-electron chi connectivity index (χ2n) is 3.28. The normalized spacial score (nSPS) is 11.3. The highest BCUT2D eigenvalue weighted by Crippen LogP contribution is 2.18. The Balaban J connectivity index is 2.12. The summed E-state index contributed by atoms with van der Waals surface area (Å²) in [4.78, 5) is 10.3. The fourth-order valence-corrected chi connectivity index (χ4v) is 1.31. The van der Waals surface area contributed by atoms with Crippen LogP contribution in [0.1, 0.15) is 5.56 Å². The van der Waals surface area contributed by atoms with Crippen LogP contribution in [0.4, 0.5) is 5.69 Å². The van der Waals surface area contributed by atoms with Gasteiger partial charge in [0.1, 0.15) is 12.7 Å². The monoisotopic (exact) mass is 243 g/mol. The fraction of sp³-hybridized carbons (Fsp3) is 0. The summed E-state index contributed by atoms with van der Waals surface area (Å²) < 4.78 is 1.42. The molecule has 18 heavy (non-hydrogen) atoms. The Labute approximate surface area is 102 Å². The van der Waals surface area contributed by atoms with Crippen LogP contribution in [-0.4, -0.2) is 26.0 Å². The molecule has 0 aliphatic heterocycles. The van der Waals surface area contributed by atoms with Crippen molar-refractivity contribution in [1.29, 1.82) is 0 Å². The first kappa shape index (κ1) is 11.6. The molecule has 0 bridgehead atoms. The van der Waals surface area contributed by atoms with E-state index in [1.54, 1.807) is 30.4 Å². The molecular formula is C11H9N5O2. The van der Waals surface area contributed by atoms with Gasteiger partial charge in [-0.2, -0.15) is 5.10 Å². The van der Waals surface area contributed by atoms with Crippen LogP contribution in [0.25, 0.3) is 6.08 Å². The number of aromatic nitrogens is 3. The van der Waals surface area contributed by atoms with Gasteiger partial charge in [0.15, 0.2) is 0 Å². The van der Waals surface area contributed by atoms with Gasteiger partial charge in [-0.1, -0.05) is 12.1 Å². The average molecular weight is 243 g/mol. The largest absolute Gasteiger partial charge is 0.276 e. The molecule has 1 aromatic heterocycles. The van der Waals surface area contributed by atoms with E-state index in [4.69, 9.17) is 0 Å². The van der Waals surface area contributed by atoms with Crippen LogP contribution in [0.15, 0.2) is 48.1 Å². The van der Waals surface area contributed by atoms with E-state index in [1.807, 2.05) is 0 Å². The molecule has 0 radical (unpaired) electrons. The van der Waals surface area contributed by atoms with Crippen LogP contribution in [0, 0.1) is 10.1 Å². The molecule has 0 unspecified atom stereocenters. The second kappa shape index (κ2) is 5.48. The van der Waals surface area contributed by atoms with Gasteiger partial charge >= 0.3 is 0 Å². The van der Waals surface area contributed by atoms with E-state index in [0.717, 1.165) is 0 Å². The Morgan fingerprint density at radius 2 is 2.00 bits per heavy atom. The molecular weight excluding hydrogens is 234 g/mol. The molecule has 2 aromatic rings. The van der Waals surface area contributed by atoms with Crippen molar-refractivity contribution in [3.8, 4) is 0 Å². The Bertz CT molecular complexity index is 589. The minimum atomic E-state index is -0.420. The first-order valence-electron chi connectivity index (χ1n) is 5.06. The van der Waals surface area contributed by atoms with Gasteiger partial charge < -0.3 is 0 Å². The van der Waals surface area contributed by atoms with Crippen molar-refractivity contribution >= 4 is 18.0 Å². The quantitative estimate of drug-likeness (QED) is 0.465. The van der Waals surface area contributed by atoms with Crippen molar-refractivity contribution in [2.75, 3.05) is 0 Å². The number of hydrogen-bond acceptors (Lipinski definition) is 5. The maximum atomic E-state index is 10.8. The second-order valence-corrected chi connectivity index (χ2v) is 3.28. The molecule has 0 amide bonds. The van der Waals surface area contributed by atoms with Crippen LogP contribution in [0.2, 0.25) is 0 Å². The van der Waals surface area contributed by atoms with Crippen LogP contribution in [0.5, 0.6) is 0 Å². The van der Waals surface area contributed by atoms with Gasteiger partial charge in [-0.15, -0.1) is 10.2 Å². The van der Waals surface area contributed by atoms with Gasteiger partial charge in [-0.25, -0.2) is 4.68 Å². The Hall–Kier alpha value is -2.83. The van der Waals surface area contributed by atoms with Crippen molar-refractivity contribution in [1.82, 2.24) is 14.9 Å². The average Bonchev–Trinajstić information content (AvgIpc) is 2.88. The molecule has 2 rings (SSSR count). The van der Waals surface area contributed by atoms with Gasteiger partial charge in [0.05, 0.1) is 10.5 Å².